The minimum absolute atomic E-state index is 0.0235. The van der Waals surface area contributed by atoms with E-state index in [1.807, 2.05) is 26.0 Å². The standard InChI is InChI=1S/C17H18BrF2N/c1-11-6-7-13(15(18)8-11)10-21-12(2)9-14-16(19)4-3-5-17(14)20/h3-8,12,21H,9-10H2,1-2H3. The van der Waals surface area contributed by atoms with Crippen LogP contribution >= 0.6 is 15.9 Å². The molecular formula is C17H18BrF2N. The van der Waals surface area contributed by atoms with Gasteiger partial charge in [0.25, 0.3) is 0 Å². The molecule has 0 saturated carbocycles. The summed E-state index contributed by atoms with van der Waals surface area (Å²) in [6, 6.07) is 10.1. The lowest BCUT2D eigenvalue weighted by molar-refractivity contribution is 0.499. The van der Waals surface area contributed by atoms with Crippen molar-refractivity contribution in [1.29, 1.82) is 0 Å². The van der Waals surface area contributed by atoms with E-state index in [0.29, 0.717) is 13.0 Å². The molecule has 0 aliphatic carbocycles. The van der Waals surface area contributed by atoms with Gasteiger partial charge in [0.1, 0.15) is 11.6 Å². The van der Waals surface area contributed by atoms with E-state index in [1.54, 1.807) is 0 Å². The van der Waals surface area contributed by atoms with Gasteiger partial charge in [-0.1, -0.05) is 34.1 Å². The molecule has 112 valence electrons. The predicted octanol–water partition coefficient (Wildman–Crippen LogP) is 4.76. The summed E-state index contributed by atoms with van der Waals surface area (Å²) in [4.78, 5) is 0. The Bertz CT molecular complexity index is 608. The zero-order valence-electron chi connectivity index (χ0n) is 12.1. The largest absolute Gasteiger partial charge is 0.310 e. The summed E-state index contributed by atoms with van der Waals surface area (Å²) in [6.07, 6.45) is 0.321. The molecule has 2 aromatic rings. The lowest BCUT2D eigenvalue weighted by atomic mass is 10.1. The van der Waals surface area contributed by atoms with Crippen LogP contribution in [0.1, 0.15) is 23.6 Å². The summed E-state index contributed by atoms with van der Waals surface area (Å²) in [6.45, 7) is 4.61. The van der Waals surface area contributed by atoms with Gasteiger partial charge in [0.15, 0.2) is 0 Å². The zero-order chi connectivity index (χ0) is 15.4. The molecule has 0 radical (unpaired) electrons. The molecule has 2 rings (SSSR count). The second-order valence-corrected chi connectivity index (χ2v) is 6.14. The normalized spacial score (nSPS) is 12.4. The summed E-state index contributed by atoms with van der Waals surface area (Å²) >= 11 is 3.53. The smallest absolute Gasteiger partial charge is 0.129 e. The van der Waals surface area contributed by atoms with Gasteiger partial charge in [-0.25, -0.2) is 8.78 Å². The molecule has 0 spiro atoms. The fraction of sp³-hybridized carbons (Fsp3) is 0.294. The van der Waals surface area contributed by atoms with Gasteiger partial charge >= 0.3 is 0 Å². The molecule has 0 saturated heterocycles. The van der Waals surface area contributed by atoms with Crippen molar-refractivity contribution in [2.45, 2.75) is 32.9 Å². The Labute approximate surface area is 132 Å². The van der Waals surface area contributed by atoms with Gasteiger partial charge < -0.3 is 5.32 Å². The number of nitrogens with one attached hydrogen (secondary N) is 1. The van der Waals surface area contributed by atoms with E-state index < -0.39 is 11.6 Å². The average molecular weight is 354 g/mol. The van der Waals surface area contributed by atoms with Crippen LogP contribution in [0.4, 0.5) is 8.78 Å². The highest BCUT2D eigenvalue weighted by Gasteiger charge is 2.12. The fourth-order valence-electron chi connectivity index (χ4n) is 2.19. The second-order valence-electron chi connectivity index (χ2n) is 5.28. The van der Waals surface area contributed by atoms with Gasteiger partial charge in [0, 0.05) is 22.6 Å². The lowest BCUT2D eigenvalue weighted by Gasteiger charge is -2.16. The maximum Gasteiger partial charge on any atom is 0.129 e. The molecule has 1 nitrogen and oxygen atoms in total. The number of hydrogen-bond donors (Lipinski definition) is 1. The highest BCUT2D eigenvalue weighted by molar-refractivity contribution is 9.10. The van der Waals surface area contributed by atoms with Crippen LogP contribution in [-0.4, -0.2) is 6.04 Å². The first-order valence-corrected chi connectivity index (χ1v) is 7.68. The van der Waals surface area contributed by atoms with Crippen molar-refractivity contribution in [1.82, 2.24) is 5.32 Å². The van der Waals surface area contributed by atoms with E-state index in [2.05, 4.69) is 27.3 Å². The Kier molecular flexibility index (Phi) is 5.48. The van der Waals surface area contributed by atoms with Gasteiger partial charge in [0.2, 0.25) is 0 Å². The molecule has 21 heavy (non-hydrogen) atoms. The van der Waals surface area contributed by atoms with Crippen molar-refractivity contribution in [3.8, 4) is 0 Å². The van der Waals surface area contributed by atoms with Crippen molar-refractivity contribution < 1.29 is 8.78 Å². The van der Waals surface area contributed by atoms with Gasteiger partial charge in [-0.05, 0) is 49.6 Å². The van der Waals surface area contributed by atoms with Crippen LogP contribution in [0.25, 0.3) is 0 Å². The number of halogens is 3. The van der Waals surface area contributed by atoms with Crippen molar-refractivity contribution in [2.24, 2.45) is 0 Å². The van der Waals surface area contributed by atoms with Crippen LogP contribution in [0.3, 0.4) is 0 Å². The van der Waals surface area contributed by atoms with E-state index in [9.17, 15) is 8.78 Å². The molecule has 4 heteroatoms. The Balaban J connectivity index is 1.97. The van der Waals surface area contributed by atoms with E-state index in [1.165, 1.54) is 23.8 Å². The van der Waals surface area contributed by atoms with Crippen LogP contribution < -0.4 is 5.32 Å². The van der Waals surface area contributed by atoms with Gasteiger partial charge in [-0.2, -0.15) is 0 Å². The van der Waals surface area contributed by atoms with Crippen LogP contribution in [0.2, 0.25) is 0 Å². The first-order chi connectivity index (χ1) is 9.97. The molecule has 0 aliphatic rings. The van der Waals surface area contributed by atoms with Crippen LogP contribution in [-0.2, 0) is 13.0 Å². The molecule has 0 amide bonds. The van der Waals surface area contributed by atoms with Crippen LogP contribution in [0.5, 0.6) is 0 Å². The molecule has 1 unspecified atom stereocenters. The highest BCUT2D eigenvalue weighted by Crippen LogP contribution is 2.19. The summed E-state index contributed by atoms with van der Waals surface area (Å²) in [5.41, 5.74) is 2.45. The third kappa shape index (κ3) is 4.35. The SMILES string of the molecule is Cc1ccc(CNC(C)Cc2c(F)cccc2F)c(Br)c1. The summed E-state index contributed by atoms with van der Waals surface area (Å²) in [7, 11) is 0. The predicted molar refractivity (Wildman–Crippen MR) is 85.2 cm³/mol. The third-order valence-electron chi connectivity index (χ3n) is 3.42. The second kappa shape index (κ2) is 7.14. The number of hydrogen-bond acceptors (Lipinski definition) is 1. The molecule has 0 bridgehead atoms. The van der Waals surface area contributed by atoms with E-state index in [0.717, 1.165) is 10.0 Å². The van der Waals surface area contributed by atoms with Crippen molar-refractivity contribution in [3.05, 3.63) is 69.2 Å². The van der Waals surface area contributed by atoms with Gasteiger partial charge in [0.05, 0.1) is 0 Å². The minimum Gasteiger partial charge on any atom is -0.310 e. The Morgan fingerprint density at radius 3 is 2.43 bits per heavy atom. The Morgan fingerprint density at radius 1 is 1.14 bits per heavy atom. The van der Waals surface area contributed by atoms with Crippen molar-refractivity contribution >= 4 is 15.9 Å². The summed E-state index contributed by atoms with van der Waals surface area (Å²) in [5, 5.41) is 3.30. The third-order valence-corrected chi connectivity index (χ3v) is 4.16. The topological polar surface area (TPSA) is 12.0 Å². The molecule has 0 heterocycles. The molecular weight excluding hydrogens is 336 g/mol. The molecule has 2 aromatic carbocycles. The minimum atomic E-state index is -0.486. The molecule has 1 atom stereocenters. The number of benzene rings is 2. The van der Waals surface area contributed by atoms with Crippen molar-refractivity contribution in [3.63, 3.8) is 0 Å². The van der Waals surface area contributed by atoms with E-state index in [4.69, 9.17) is 0 Å². The molecule has 0 aromatic heterocycles. The quantitative estimate of drug-likeness (QED) is 0.817. The van der Waals surface area contributed by atoms with Crippen molar-refractivity contribution in [2.75, 3.05) is 0 Å². The first-order valence-electron chi connectivity index (χ1n) is 6.88. The summed E-state index contributed by atoms with van der Waals surface area (Å²) in [5.74, 6) is -0.972. The van der Waals surface area contributed by atoms with E-state index >= 15 is 0 Å². The Morgan fingerprint density at radius 2 is 1.81 bits per heavy atom. The zero-order valence-corrected chi connectivity index (χ0v) is 13.7. The Hall–Kier alpha value is -1.26. The van der Waals surface area contributed by atoms with Gasteiger partial charge in [-0.3, -0.25) is 0 Å². The maximum atomic E-state index is 13.6. The number of aryl methyl sites for hydroxylation is 1. The number of rotatable bonds is 5. The summed E-state index contributed by atoms with van der Waals surface area (Å²) < 4.78 is 28.3. The van der Waals surface area contributed by atoms with Crippen LogP contribution in [0.15, 0.2) is 40.9 Å². The fourth-order valence-corrected chi connectivity index (χ4v) is 2.82. The molecule has 0 aliphatic heterocycles. The van der Waals surface area contributed by atoms with E-state index in [-0.39, 0.29) is 11.6 Å². The molecule has 1 N–H and O–H groups in total. The monoisotopic (exact) mass is 353 g/mol. The van der Waals surface area contributed by atoms with Crippen LogP contribution in [0, 0.1) is 18.6 Å². The maximum absolute atomic E-state index is 13.6. The molecule has 0 fully saturated rings. The van der Waals surface area contributed by atoms with Gasteiger partial charge in [-0.15, -0.1) is 0 Å². The highest BCUT2D eigenvalue weighted by atomic mass is 79.9. The lowest BCUT2D eigenvalue weighted by Crippen LogP contribution is -2.28. The average Bonchev–Trinajstić information content (AvgIpc) is 2.42. The first kappa shape index (κ1) is 16.1.